The summed E-state index contributed by atoms with van der Waals surface area (Å²) in [7, 11) is 6.49. The van der Waals surface area contributed by atoms with Crippen LogP contribution in [0.5, 0.6) is 5.75 Å². The Kier molecular flexibility index (Phi) is 8.98. The Morgan fingerprint density at radius 1 is 1.13 bits per heavy atom. The minimum atomic E-state index is -1.07. The molecule has 9 heteroatoms. The van der Waals surface area contributed by atoms with Crippen molar-refractivity contribution >= 4 is 12.2 Å². The molecule has 0 radical (unpaired) electrons. The third kappa shape index (κ3) is 5.66. The summed E-state index contributed by atoms with van der Waals surface area (Å²) in [6.07, 6.45) is 4.19. The maximum absolute atomic E-state index is 14.5. The number of nitrogens with zero attached hydrogens (tertiary/aromatic N) is 3. The molecule has 30 heavy (non-hydrogen) atoms. The molecule has 168 valence electrons. The Hall–Kier alpha value is -2.26. The highest BCUT2D eigenvalue weighted by Gasteiger charge is 2.46. The maximum atomic E-state index is 14.5. The summed E-state index contributed by atoms with van der Waals surface area (Å²) in [5.41, 5.74) is -0.889. The smallest absolute Gasteiger partial charge is 0.333 e. The molecule has 0 atom stereocenters. The van der Waals surface area contributed by atoms with E-state index in [1.165, 1.54) is 30.5 Å². The van der Waals surface area contributed by atoms with Crippen LogP contribution in [0.2, 0.25) is 0 Å². The summed E-state index contributed by atoms with van der Waals surface area (Å²) in [4.78, 5) is 14.2. The van der Waals surface area contributed by atoms with E-state index < -0.39 is 17.2 Å². The van der Waals surface area contributed by atoms with E-state index in [9.17, 15) is 13.6 Å². The predicted molar refractivity (Wildman–Crippen MR) is 110 cm³/mol. The zero-order chi connectivity index (χ0) is 22.1. The molecule has 0 heterocycles. The average molecular weight is 427 g/mol. The lowest BCUT2D eigenvalue weighted by atomic mass is 9.97. The van der Waals surface area contributed by atoms with Gasteiger partial charge in [0, 0.05) is 32.8 Å². The van der Waals surface area contributed by atoms with Gasteiger partial charge in [-0.15, -0.1) is 0 Å². The zero-order valence-electron chi connectivity index (χ0n) is 18.1. The van der Waals surface area contributed by atoms with E-state index in [2.05, 4.69) is 5.10 Å². The van der Waals surface area contributed by atoms with Crippen LogP contribution in [-0.2, 0) is 14.3 Å². The number of hydrogen-bond acceptors (Lipinski definition) is 7. The highest BCUT2D eigenvalue weighted by Crippen LogP contribution is 2.36. The lowest BCUT2D eigenvalue weighted by Crippen LogP contribution is -2.49. The van der Waals surface area contributed by atoms with Crippen LogP contribution in [0, 0.1) is 11.6 Å². The van der Waals surface area contributed by atoms with Crippen molar-refractivity contribution in [3.05, 3.63) is 29.3 Å². The van der Waals surface area contributed by atoms with Gasteiger partial charge < -0.3 is 19.1 Å². The van der Waals surface area contributed by atoms with Crippen LogP contribution in [0.1, 0.15) is 31.2 Å². The van der Waals surface area contributed by atoms with Crippen LogP contribution in [0.15, 0.2) is 17.2 Å². The van der Waals surface area contributed by atoms with Crippen molar-refractivity contribution in [3.8, 4) is 5.75 Å². The quantitative estimate of drug-likeness (QED) is 0.307. The summed E-state index contributed by atoms with van der Waals surface area (Å²) < 4.78 is 44.2. The number of carbonyl (C=O) groups is 1. The summed E-state index contributed by atoms with van der Waals surface area (Å²) in [6, 6.07) is 2.78. The van der Waals surface area contributed by atoms with E-state index in [-0.39, 0.29) is 23.9 Å². The van der Waals surface area contributed by atoms with Crippen molar-refractivity contribution in [3.63, 3.8) is 0 Å². The van der Waals surface area contributed by atoms with Crippen molar-refractivity contribution in [1.29, 1.82) is 0 Å². The number of hydrazone groups is 1. The molecule has 2 rings (SSSR count). The third-order valence-corrected chi connectivity index (χ3v) is 5.47. The van der Waals surface area contributed by atoms with Crippen LogP contribution in [0.4, 0.5) is 8.78 Å². The Morgan fingerprint density at radius 2 is 1.80 bits per heavy atom. The number of halogens is 2. The Balaban J connectivity index is 2.03. The van der Waals surface area contributed by atoms with Gasteiger partial charge in [0.25, 0.3) is 0 Å². The lowest BCUT2D eigenvalue weighted by Gasteiger charge is -2.33. The fraction of sp³-hybridized carbons (Fsp3) is 0.619. The monoisotopic (exact) mass is 427 g/mol. The highest BCUT2D eigenvalue weighted by molar-refractivity contribution is 5.83. The van der Waals surface area contributed by atoms with E-state index >= 15 is 0 Å². The first-order valence-corrected chi connectivity index (χ1v) is 10.00. The van der Waals surface area contributed by atoms with Gasteiger partial charge in [-0.1, -0.05) is 12.8 Å². The fourth-order valence-corrected chi connectivity index (χ4v) is 3.50. The van der Waals surface area contributed by atoms with E-state index in [1.54, 1.807) is 14.2 Å². The van der Waals surface area contributed by atoms with E-state index in [0.29, 0.717) is 32.5 Å². The van der Waals surface area contributed by atoms with Gasteiger partial charge >= 0.3 is 5.97 Å². The maximum Gasteiger partial charge on any atom is 0.333 e. The molecular weight excluding hydrogens is 396 g/mol. The topological polar surface area (TPSA) is 63.6 Å². The van der Waals surface area contributed by atoms with Crippen LogP contribution >= 0.6 is 0 Å². The van der Waals surface area contributed by atoms with Crippen LogP contribution in [0.25, 0.3) is 0 Å². The summed E-state index contributed by atoms with van der Waals surface area (Å²) >= 11 is 0. The fourth-order valence-electron chi connectivity index (χ4n) is 3.50. The molecule has 1 aromatic carbocycles. The molecule has 1 saturated carbocycles. The molecule has 0 spiro atoms. The Bertz CT molecular complexity index is 739. The first kappa shape index (κ1) is 24.0. The summed E-state index contributed by atoms with van der Waals surface area (Å²) in [5, 5.41) is 5.69. The van der Waals surface area contributed by atoms with Gasteiger partial charge in [-0.2, -0.15) is 9.49 Å². The predicted octanol–water partition coefficient (Wildman–Crippen LogP) is 2.67. The molecule has 0 amide bonds. The molecule has 0 aliphatic heterocycles. The summed E-state index contributed by atoms with van der Waals surface area (Å²) in [5.74, 6) is -2.63. The zero-order valence-corrected chi connectivity index (χ0v) is 18.1. The van der Waals surface area contributed by atoms with Crippen molar-refractivity contribution < 1.29 is 27.8 Å². The van der Waals surface area contributed by atoms with Gasteiger partial charge in [0.1, 0.15) is 6.61 Å². The molecule has 0 unspecified atom stereocenters. The lowest BCUT2D eigenvalue weighted by molar-refractivity contribution is -0.154. The Labute approximate surface area is 176 Å². The van der Waals surface area contributed by atoms with Gasteiger partial charge in [-0.05, 0) is 32.0 Å². The molecular formula is C21H31F2N3O4. The van der Waals surface area contributed by atoms with Gasteiger partial charge in [0.2, 0.25) is 5.82 Å². The van der Waals surface area contributed by atoms with Crippen molar-refractivity contribution in [2.45, 2.75) is 31.2 Å². The molecule has 0 N–H and O–H groups in total. The SMILES string of the molecule is COCCN(C)CCOc1ccc(C=NN(C)C2(C(=O)OC)CCCC2)c(F)c1F. The number of carbonyl (C=O) groups excluding carboxylic acids is 1. The van der Waals surface area contributed by atoms with E-state index in [0.717, 1.165) is 12.8 Å². The molecule has 1 aromatic rings. The molecule has 1 aliphatic rings. The van der Waals surface area contributed by atoms with Gasteiger partial charge in [-0.25, -0.2) is 9.18 Å². The second-order valence-corrected chi connectivity index (χ2v) is 7.42. The van der Waals surface area contributed by atoms with Crippen LogP contribution in [-0.4, -0.2) is 82.2 Å². The second kappa shape index (κ2) is 11.2. The number of ether oxygens (including phenoxy) is 3. The second-order valence-electron chi connectivity index (χ2n) is 7.42. The molecule has 1 fully saturated rings. The van der Waals surface area contributed by atoms with E-state index in [4.69, 9.17) is 14.2 Å². The molecule has 0 bridgehead atoms. The Morgan fingerprint density at radius 3 is 2.43 bits per heavy atom. The average Bonchev–Trinajstić information content (AvgIpc) is 3.25. The number of rotatable bonds is 11. The van der Waals surface area contributed by atoms with Gasteiger partial charge in [0.05, 0.1) is 19.9 Å². The molecule has 7 nitrogen and oxygen atoms in total. The third-order valence-electron chi connectivity index (χ3n) is 5.47. The molecule has 0 aromatic heterocycles. The normalized spacial score (nSPS) is 15.7. The van der Waals surface area contributed by atoms with E-state index in [1.807, 2.05) is 11.9 Å². The minimum Gasteiger partial charge on any atom is -0.489 e. The standard InChI is InChI=1S/C21H31F2N3O4/c1-25(11-13-28-3)12-14-30-17-8-7-16(18(22)19(17)23)15-24-26(2)21(20(27)29-4)9-5-6-10-21/h7-8,15H,5-6,9-14H2,1-4H3. The van der Waals surface area contributed by atoms with Crippen molar-refractivity contribution in [2.24, 2.45) is 5.10 Å². The summed E-state index contributed by atoms with van der Waals surface area (Å²) in [6.45, 7) is 2.06. The highest BCUT2D eigenvalue weighted by atomic mass is 19.2. The largest absolute Gasteiger partial charge is 0.489 e. The van der Waals surface area contributed by atoms with Crippen LogP contribution < -0.4 is 4.74 Å². The molecule has 1 aliphatic carbocycles. The van der Waals surface area contributed by atoms with Crippen molar-refractivity contribution in [1.82, 2.24) is 9.91 Å². The van der Waals surface area contributed by atoms with Crippen molar-refractivity contribution in [2.75, 3.05) is 54.6 Å². The number of esters is 1. The number of methoxy groups -OCH3 is 2. The first-order chi connectivity index (χ1) is 14.4. The molecule has 0 saturated heterocycles. The minimum absolute atomic E-state index is 0.0260. The van der Waals surface area contributed by atoms with Crippen LogP contribution in [0.3, 0.4) is 0 Å². The number of hydrogen-bond donors (Lipinski definition) is 0. The van der Waals surface area contributed by atoms with Gasteiger partial charge in [0.15, 0.2) is 17.1 Å². The van der Waals surface area contributed by atoms with Gasteiger partial charge in [-0.3, -0.25) is 5.01 Å². The number of benzene rings is 1. The number of likely N-dealkylation sites (N-methyl/N-ethyl adjacent to an activating group) is 2. The first-order valence-electron chi connectivity index (χ1n) is 10.00.